The number of carbonyl (C=O) groups is 1. The van der Waals surface area contributed by atoms with Crippen LogP contribution in [0.5, 0.6) is 0 Å². The van der Waals surface area contributed by atoms with Gasteiger partial charge in [-0.1, -0.05) is 21.1 Å². The van der Waals surface area contributed by atoms with E-state index in [0.717, 1.165) is 6.07 Å². The fraction of sp³-hybridized carbons (Fsp3) is 0.167. The van der Waals surface area contributed by atoms with Gasteiger partial charge in [0.2, 0.25) is 5.88 Å². The number of benzene rings is 1. The van der Waals surface area contributed by atoms with Gasteiger partial charge < -0.3 is 4.52 Å². The molecule has 8 heteroatoms. The molecule has 0 aliphatic carbocycles. The van der Waals surface area contributed by atoms with Gasteiger partial charge in [0.05, 0.1) is 11.3 Å². The van der Waals surface area contributed by atoms with Gasteiger partial charge in [0.1, 0.15) is 0 Å². The second-order valence-corrected chi connectivity index (χ2v) is 4.83. The molecule has 1 N–H and O–H groups in total. The minimum atomic E-state index is -4.54. The van der Waals surface area contributed by atoms with E-state index in [0.29, 0.717) is 5.69 Å². The van der Waals surface area contributed by atoms with Crippen molar-refractivity contribution in [2.75, 3.05) is 5.32 Å². The highest BCUT2D eigenvalue weighted by Crippen LogP contribution is 2.35. The average molecular weight is 349 g/mol. The molecule has 20 heavy (non-hydrogen) atoms. The number of nitrogens with one attached hydrogen (secondary N) is 1. The Morgan fingerprint density at radius 3 is 2.60 bits per heavy atom. The van der Waals surface area contributed by atoms with E-state index in [1.54, 1.807) is 6.92 Å². The third-order valence-electron chi connectivity index (χ3n) is 2.40. The summed E-state index contributed by atoms with van der Waals surface area (Å²) < 4.78 is 42.8. The Bertz CT molecular complexity index is 652. The van der Waals surface area contributed by atoms with E-state index in [-0.39, 0.29) is 15.9 Å². The zero-order chi connectivity index (χ0) is 14.9. The molecular weight excluding hydrogens is 341 g/mol. The van der Waals surface area contributed by atoms with Gasteiger partial charge in [-0.2, -0.15) is 13.2 Å². The Morgan fingerprint density at radius 1 is 1.35 bits per heavy atom. The van der Waals surface area contributed by atoms with Gasteiger partial charge in [0, 0.05) is 16.1 Å². The molecule has 1 aromatic heterocycles. The molecule has 0 fully saturated rings. The van der Waals surface area contributed by atoms with Crippen LogP contribution >= 0.6 is 15.9 Å². The van der Waals surface area contributed by atoms with E-state index < -0.39 is 17.6 Å². The first-order chi connectivity index (χ1) is 9.27. The van der Waals surface area contributed by atoms with Crippen LogP contribution in [-0.4, -0.2) is 11.1 Å². The molecule has 0 atom stereocenters. The molecule has 0 spiro atoms. The van der Waals surface area contributed by atoms with Crippen molar-refractivity contribution in [1.29, 1.82) is 0 Å². The summed E-state index contributed by atoms with van der Waals surface area (Å²) in [5, 5.41) is 5.88. The molecule has 0 aliphatic heterocycles. The van der Waals surface area contributed by atoms with Gasteiger partial charge in [-0.05, 0) is 25.1 Å². The summed E-state index contributed by atoms with van der Waals surface area (Å²) in [6.45, 7) is 1.65. The van der Waals surface area contributed by atoms with Crippen LogP contribution in [0.25, 0.3) is 0 Å². The second-order valence-electron chi connectivity index (χ2n) is 3.98. The molecule has 0 saturated carbocycles. The van der Waals surface area contributed by atoms with Crippen molar-refractivity contribution in [3.63, 3.8) is 0 Å². The summed E-state index contributed by atoms with van der Waals surface area (Å²) in [7, 11) is 0. The summed E-state index contributed by atoms with van der Waals surface area (Å²) >= 11 is 2.81. The highest BCUT2D eigenvalue weighted by molar-refractivity contribution is 9.10. The minimum absolute atomic E-state index is 0.0731. The molecule has 0 unspecified atom stereocenters. The second kappa shape index (κ2) is 5.28. The zero-order valence-corrected chi connectivity index (χ0v) is 11.7. The molecule has 0 aliphatic rings. The molecule has 0 bridgehead atoms. The molecule has 4 nitrogen and oxygen atoms in total. The summed E-state index contributed by atoms with van der Waals surface area (Å²) in [5.41, 5.74) is -0.499. The number of anilines is 1. The van der Waals surface area contributed by atoms with Crippen LogP contribution < -0.4 is 5.32 Å². The van der Waals surface area contributed by atoms with Crippen molar-refractivity contribution < 1.29 is 22.5 Å². The van der Waals surface area contributed by atoms with Gasteiger partial charge in [-0.25, -0.2) is 0 Å². The van der Waals surface area contributed by atoms with E-state index in [2.05, 4.69) is 26.4 Å². The smallest absolute Gasteiger partial charge is 0.338 e. The number of aromatic nitrogens is 1. The molecule has 1 heterocycles. The lowest BCUT2D eigenvalue weighted by molar-refractivity contribution is -0.138. The number of hydrogen-bond acceptors (Lipinski definition) is 3. The Hall–Kier alpha value is -1.83. The van der Waals surface area contributed by atoms with Crippen LogP contribution in [0.4, 0.5) is 19.1 Å². The van der Waals surface area contributed by atoms with Crippen LogP contribution in [0.3, 0.4) is 0 Å². The van der Waals surface area contributed by atoms with Crippen LogP contribution in [0.1, 0.15) is 21.6 Å². The van der Waals surface area contributed by atoms with E-state index in [4.69, 9.17) is 4.52 Å². The number of rotatable bonds is 2. The van der Waals surface area contributed by atoms with E-state index in [1.807, 2.05) is 0 Å². The molecular formula is C12H8BrF3N2O2. The fourth-order valence-corrected chi connectivity index (χ4v) is 1.96. The maximum atomic E-state index is 12.7. The van der Waals surface area contributed by atoms with Gasteiger partial charge in [0.15, 0.2) is 0 Å². The number of hydrogen-bond donors (Lipinski definition) is 1. The highest BCUT2D eigenvalue weighted by Gasteiger charge is 2.33. The monoisotopic (exact) mass is 348 g/mol. The predicted molar refractivity (Wildman–Crippen MR) is 68.3 cm³/mol. The summed E-state index contributed by atoms with van der Waals surface area (Å²) in [6, 6.07) is 4.67. The number of amides is 1. The molecule has 2 rings (SSSR count). The van der Waals surface area contributed by atoms with E-state index in [9.17, 15) is 18.0 Å². The standard InChI is InChI=1S/C12H8BrF3N2O2/c1-6-4-10(20-18-6)17-11(19)7-2-3-9(13)8(5-7)12(14,15)16/h2-5H,1H3,(H,17,19). The number of aryl methyl sites for hydroxylation is 1. The average Bonchev–Trinajstić information content (AvgIpc) is 2.73. The molecule has 0 radical (unpaired) electrons. The van der Waals surface area contributed by atoms with Gasteiger partial charge in [-0.3, -0.25) is 10.1 Å². The van der Waals surface area contributed by atoms with Crippen LogP contribution in [-0.2, 0) is 6.18 Å². The maximum absolute atomic E-state index is 12.7. The SMILES string of the molecule is Cc1cc(NC(=O)c2ccc(Br)c(C(F)(F)F)c2)on1. The van der Waals surface area contributed by atoms with Crippen LogP contribution in [0.2, 0.25) is 0 Å². The third-order valence-corrected chi connectivity index (χ3v) is 3.09. The van der Waals surface area contributed by atoms with Crippen LogP contribution in [0.15, 0.2) is 33.3 Å². The third kappa shape index (κ3) is 3.19. The van der Waals surface area contributed by atoms with E-state index in [1.165, 1.54) is 18.2 Å². The normalized spacial score (nSPS) is 11.4. The number of carbonyl (C=O) groups excluding carboxylic acids is 1. The largest absolute Gasteiger partial charge is 0.417 e. The molecule has 1 aromatic carbocycles. The molecule has 1 amide bonds. The van der Waals surface area contributed by atoms with Crippen molar-refractivity contribution in [2.45, 2.75) is 13.1 Å². The predicted octanol–water partition coefficient (Wildman–Crippen LogP) is 4.02. The topological polar surface area (TPSA) is 55.1 Å². The fourth-order valence-electron chi connectivity index (χ4n) is 1.49. The maximum Gasteiger partial charge on any atom is 0.417 e. The van der Waals surface area contributed by atoms with Crippen molar-refractivity contribution >= 4 is 27.7 Å². The summed E-state index contributed by atoms with van der Waals surface area (Å²) in [6.07, 6.45) is -4.54. The first kappa shape index (κ1) is 14.6. The van der Waals surface area contributed by atoms with Gasteiger partial charge in [0.25, 0.3) is 5.91 Å². The van der Waals surface area contributed by atoms with Crippen molar-refractivity contribution in [3.8, 4) is 0 Å². The Morgan fingerprint density at radius 2 is 2.05 bits per heavy atom. The summed E-state index contributed by atoms with van der Waals surface area (Å²) in [5.74, 6) is -0.636. The number of halogens is 4. The molecule has 0 saturated heterocycles. The Balaban J connectivity index is 2.27. The lowest BCUT2D eigenvalue weighted by Crippen LogP contribution is -2.14. The quantitative estimate of drug-likeness (QED) is 0.891. The number of nitrogens with zero attached hydrogens (tertiary/aromatic N) is 1. The number of alkyl halides is 3. The Kier molecular flexibility index (Phi) is 3.85. The minimum Gasteiger partial charge on any atom is -0.338 e. The zero-order valence-electron chi connectivity index (χ0n) is 10.1. The first-order valence-corrected chi connectivity index (χ1v) is 6.18. The van der Waals surface area contributed by atoms with Crippen molar-refractivity contribution in [1.82, 2.24) is 5.16 Å². The lowest BCUT2D eigenvalue weighted by Gasteiger charge is -2.10. The molecule has 106 valence electrons. The molecule has 2 aromatic rings. The van der Waals surface area contributed by atoms with E-state index >= 15 is 0 Å². The highest BCUT2D eigenvalue weighted by atomic mass is 79.9. The Labute approximate surface area is 120 Å². The van der Waals surface area contributed by atoms with Gasteiger partial charge in [-0.15, -0.1) is 0 Å². The first-order valence-electron chi connectivity index (χ1n) is 5.39. The lowest BCUT2D eigenvalue weighted by atomic mass is 10.1. The van der Waals surface area contributed by atoms with Crippen molar-refractivity contribution in [2.24, 2.45) is 0 Å². The van der Waals surface area contributed by atoms with Gasteiger partial charge >= 0.3 is 6.18 Å². The summed E-state index contributed by atoms with van der Waals surface area (Å²) in [4.78, 5) is 11.8. The van der Waals surface area contributed by atoms with Crippen LogP contribution in [0, 0.1) is 6.92 Å². The van der Waals surface area contributed by atoms with Crippen molar-refractivity contribution in [3.05, 3.63) is 45.6 Å².